The fourth-order valence-electron chi connectivity index (χ4n) is 2.66. The molecule has 2 rings (SSSR count). The average molecular weight is 246 g/mol. The van der Waals surface area contributed by atoms with Crippen molar-refractivity contribution in [3.63, 3.8) is 0 Å². The van der Waals surface area contributed by atoms with Crippen LogP contribution in [0.4, 0.5) is 0 Å². The fourth-order valence-corrected chi connectivity index (χ4v) is 2.66. The summed E-state index contributed by atoms with van der Waals surface area (Å²) in [5.74, 6) is 0.179. The standard InChI is InChI=1S/C15H22N2O/c1-3-16-11-15(18)17(2)14-10-6-8-12-7-4-5-9-13(12)14/h4-5,7,9,14,16H,3,6,8,10-11H2,1-2H3. The van der Waals surface area contributed by atoms with Crippen LogP contribution in [0, 0.1) is 0 Å². The van der Waals surface area contributed by atoms with Gasteiger partial charge in [-0.25, -0.2) is 0 Å². The van der Waals surface area contributed by atoms with E-state index < -0.39 is 0 Å². The van der Waals surface area contributed by atoms with E-state index in [2.05, 4.69) is 29.6 Å². The minimum absolute atomic E-state index is 0.179. The van der Waals surface area contributed by atoms with Crippen molar-refractivity contribution in [2.75, 3.05) is 20.1 Å². The van der Waals surface area contributed by atoms with Crippen LogP contribution in [0.3, 0.4) is 0 Å². The molecule has 3 heteroatoms. The number of hydrogen-bond acceptors (Lipinski definition) is 2. The first-order chi connectivity index (χ1) is 8.74. The summed E-state index contributed by atoms with van der Waals surface area (Å²) in [5, 5.41) is 3.10. The first kappa shape index (κ1) is 13.1. The van der Waals surface area contributed by atoms with Gasteiger partial charge in [0.25, 0.3) is 0 Å². The number of amides is 1. The lowest BCUT2D eigenvalue weighted by atomic mass is 9.87. The Labute approximate surface area is 109 Å². The second-order valence-corrected chi connectivity index (χ2v) is 4.89. The molecule has 1 aliphatic rings. The number of aryl methyl sites for hydroxylation is 1. The van der Waals surface area contributed by atoms with Gasteiger partial charge in [0.15, 0.2) is 0 Å². The highest BCUT2D eigenvalue weighted by Crippen LogP contribution is 2.33. The third-order valence-electron chi connectivity index (χ3n) is 3.72. The summed E-state index contributed by atoms with van der Waals surface area (Å²) in [6.45, 7) is 3.29. The van der Waals surface area contributed by atoms with Crippen LogP contribution in [-0.4, -0.2) is 30.9 Å². The Morgan fingerprint density at radius 1 is 1.44 bits per heavy atom. The van der Waals surface area contributed by atoms with Gasteiger partial charge in [-0.05, 0) is 36.9 Å². The predicted molar refractivity (Wildman–Crippen MR) is 73.4 cm³/mol. The molecule has 0 aromatic heterocycles. The van der Waals surface area contributed by atoms with Crippen molar-refractivity contribution >= 4 is 5.91 Å². The van der Waals surface area contributed by atoms with Gasteiger partial charge < -0.3 is 10.2 Å². The summed E-state index contributed by atoms with van der Waals surface area (Å²) >= 11 is 0. The molecule has 98 valence electrons. The highest BCUT2D eigenvalue weighted by Gasteiger charge is 2.25. The molecule has 1 aliphatic carbocycles. The molecule has 1 atom stereocenters. The molecule has 1 N–H and O–H groups in total. The van der Waals surface area contributed by atoms with E-state index >= 15 is 0 Å². The van der Waals surface area contributed by atoms with Crippen LogP contribution in [0.2, 0.25) is 0 Å². The zero-order valence-electron chi connectivity index (χ0n) is 11.3. The third kappa shape index (κ3) is 2.72. The van der Waals surface area contributed by atoms with Crippen LogP contribution < -0.4 is 5.32 Å². The molecule has 0 bridgehead atoms. The predicted octanol–water partition coefficient (Wildman–Crippen LogP) is 2.13. The van der Waals surface area contributed by atoms with Crippen molar-refractivity contribution < 1.29 is 4.79 Å². The van der Waals surface area contributed by atoms with Gasteiger partial charge in [-0.15, -0.1) is 0 Å². The quantitative estimate of drug-likeness (QED) is 0.882. The SMILES string of the molecule is CCNCC(=O)N(C)C1CCCc2ccccc21. The summed E-state index contributed by atoms with van der Waals surface area (Å²) in [7, 11) is 1.92. The maximum absolute atomic E-state index is 12.1. The van der Waals surface area contributed by atoms with Gasteiger partial charge in [-0.3, -0.25) is 4.79 Å². The molecule has 3 nitrogen and oxygen atoms in total. The minimum Gasteiger partial charge on any atom is -0.338 e. The van der Waals surface area contributed by atoms with Crippen molar-refractivity contribution in [1.29, 1.82) is 0 Å². The largest absolute Gasteiger partial charge is 0.338 e. The summed E-state index contributed by atoms with van der Waals surface area (Å²) in [6, 6.07) is 8.75. The molecular weight excluding hydrogens is 224 g/mol. The number of carbonyl (C=O) groups excluding carboxylic acids is 1. The lowest BCUT2D eigenvalue weighted by molar-refractivity contribution is -0.131. The van der Waals surface area contributed by atoms with E-state index in [4.69, 9.17) is 0 Å². The summed E-state index contributed by atoms with van der Waals surface area (Å²) in [6.07, 6.45) is 3.38. The monoisotopic (exact) mass is 246 g/mol. The zero-order valence-corrected chi connectivity index (χ0v) is 11.3. The fraction of sp³-hybridized carbons (Fsp3) is 0.533. The third-order valence-corrected chi connectivity index (χ3v) is 3.72. The molecular formula is C15H22N2O. The van der Waals surface area contributed by atoms with Crippen LogP contribution in [-0.2, 0) is 11.2 Å². The van der Waals surface area contributed by atoms with Crippen LogP contribution in [0.15, 0.2) is 24.3 Å². The smallest absolute Gasteiger partial charge is 0.236 e. The van der Waals surface area contributed by atoms with Crippen molar-refractivity contribution in [2.24, 2.45) is 0 Å². The van der Waals surface area contributed by atoms with E-state index in [1.54, 1.807) is 0 Å². The molecule has 0 saturated carbocycles. The van der Waals surface area contributed by atoms with Gasteiger partial charge in [0.2, 0.25) is 5.91 Å². The van der Waals surface area contributed by atoms with E-state index in [0.29, 0.717) is 6.54 Å². The number of nitrogens with zero attached hydrogens (tertiary/aromatic N) is 1. The minimum atomic E-state index is 0.179. The molecule has 0 radical (unpaired) electrons. The number of nitrogens with one attached hydrogen (secondary N) is 1. The Morgan fingerprint density at radius 2 is 2.22 bits per heavy atom. The second-order valence-electron chi connectivity index (χ2n) is 4.89. The first-order valence-electron chi connectivity index (χ1n) is 6.78. The Kier molecular flexibility index (Phi) is 4.37. The highest BCUT2D eigenvalue weighted by molar-refractivity contribution is 5.78. The normalized spacial score (nSPS) is 18.2. The molecule has 0 spiro atoms. The molecule has 0 heterocycles. The van der Waals surface area contributed by atoms with Gasteiger partial charge >= 0.3 is 0 Å². The average Bonchev–Trinajstić information content (AvgIpc) is 2.43. The number of benzene rings is 1. The van der Waals surface area contributed by atoms with Crippen molar-refractivity contribution in [1.82, 2.24) is 10.2 Å². The van der Waals surface area contributed by atoms with E-state index in [1.807, 2.05) is 18.9 Å². The lowest BCUT2D eigenvalue weighted by Gasteiger charge is -2.33. The summed E-state index contributed by atoms with van der Waals surface area (Å²) < 4.78 is 0. The molecule has 1 aromatic carbocycles. The zero-order chi connectivity index (χ0) is 13.0. The van der Waals surface area contributed by atoms with Crippen LogP contribution >= 0.6 is 0 Å². The highest BCUT2D eigenvalue weighted by atomic mass is 16.2. The van der Waals surface area contributed by atoms with Crippen LogP contribution in [0.25, 0.3) is 0 Å². The van der Waals surface area contributed by atoms with Gasteiger partial charge in [0.05, 0.1) is 12.6 Å². The topological polar surface area (TPSA) is 32.3 Å². The van der Waals surface area contributed by atoms with Crippen molar-refractivity contribution in [3.8, 4) is 0 Å². The van der Waals surface area contributed by atoms with E-state index in [0.717, 1.165) is 19.4 Å². The summed E-state index contributed by atoms with van der Waals surface area (Å²) in [5.41, 5.74) is 2.73. The molecule has 1 amide bonds. The maximum Gasteiger partial charge on any atom is 0.236 e. The molecule has 1 unspecified atom stereocenters. The Balaban J connectivity index is 2.12. The van der Waals surface area contributed by atoms with E-state index in [-0.39, 0.29) is 11.9 Å². The van der Waals surface area contributed by atoms with Gasteiger partial charge in [0, 0.05) is 7.05 Å². The number of fused-ring (bicyclic) bond motifs is 1. The molecule has 18 heavy (non-hydrogen) atoms. The van der Waals surface area contributed by atoms with E-state index in [1.165, 1.54) is 17.5 Å². The van der Waals surface area contributed by atoms with Gasteiger partial charge in [-0.2, -0.15) is 0 Å². The maximum atomic E-state index is 12.1. The van der Waals surface area contributed by atoms with Gasteiger partial charge in [-0.1, -0.05) is 31.2 Å². The van der Waals surface area contributed by atoms with Gasteiger partial charge in [0.1, 0.15) is 0 Å². The van der Waals surface area contributed by atoms with Crippen LogP contribution in [0.5, 0.6) is 0 Å². The lowest BCUT2D eigenvalue weighted by Crippen LogP contribution is -2.39. The number of carbonyl (C=O) groups is 1. The molecule has 0 saturated heterocycles. The van der Waals surface area contributed by atoms with Crippen molar-refractivity contribution in [3.05, 3.63) is 35.4 Å². The second kappa shape index (κ2) is 6.01. The first-order valence-corrected chi connectivity index (χ1v) is 6.78. The molecule has 1 aromatic rings. The Hall–Kier alpha value is -1.35. The number of rotatable bonds is 4. The number of hydrogen-bond donors (Lipinski definition) is 1. The Morgan fingerprint density at radius 3 is 3.00 bits per heavy atom. The Bertz CT molecular complexity index is 417. The number of likely N-dealkylation sites (N-methyl/N-ethyl adjacent to an activating group) is 2. The summed E-state index contributed by atoms with van der Waals surface area (Å²) in [4.78, 5) is 14.0. The van der Waals surface area contributed by atoms with Crippen molar-refractivity contribution in [2.45, 2.75) is 32.2 Å². The van der Waals surface area contributed by atoms with Crippen LogP contribution in [0.1, 0.15) is 36.9 Å². The molecule has 0 fully saturated rings. The molecule has 0 aliphatic heterocycles. The van der Waals surface area contributed by atoms with E-state index in [9.17, 15) is 4.79 Å².